The van der Waals surface area contributed by atoms with E-state index in [1.54, 1.807) is 0 Å². The van der Waals surface area contributed by atoms with Gasteiger partial charge in [-0.25, -0.2) is 0 Å². The summed E-state index contributed by atoms with van der Waals surface area (Å²) in [5.74, 6) is -0.0109. The molecule has 0 radical (unpaired) electrons. The van der Waals surface area contributed by atoms with Gasteiger partial charge in [-0.15, -0.1) is 0 Å². The number of hydrogen-bond donors (Lipinski definition) is 1. The fourth-order valence-electron chi connectivity index (χ4n) is 2.11. The van der Waals surface area contributed by atoms with Crippen LogP contribution in [-0.2, 0) is 6.54 Å². The summed E-state index contributed by atoms with van der Waals surface area (Å²) in [4.78, 5) is 2.46. The molecule has 3 nitrogen and oxygen atoms in total. The Morgan fingerprint density at radius 2 is 1.94 bits per heavy atom. The van der Waals surface area contributed by atoms with E-state index in [1.807, 2.05) is 6.92 Å². The summed E-state index contributed by atoms with van der Waals surface area (Å²) in [5, 5.41) is 12.2. The normalized spacial score (nSPS) is 18.6. The molecule has 1 aliphatic rings. The first kappa shape index (κ1) is 12.1. The first-order chi connectivity index (χ1) is 8.29. The topological polar surface area (TPSA) is 39.1 Å². The number of nitrogens with zero attached hydrogens (tertiary/aromatic N) is 2. The third-order valence-corrected chi connectivity index (χ3v) is 3.29. The monoisotopic (exact) mass is 229 g/mol. The zero-order valence-corrected chi connectivity index (χ0v) is 10.3. The maximum atomic E-state index is 8.85. The standard InChI is InChI=1S/C14H19N3/c1-12(10-15)14-4-2-13(3-5-14)11-17-8-6-16-7-9-17/h2-5,12,16H,6-9,11H2,1H3. The van der Waals surface area contributed by atoms with Gasteiger partial charge in [-0.3, -0.25) is 4.90 Å². The molecule has 1 aromatic rings. The smallest absolute Gasteiger partial charge is 0.0700 e. The Morgan fingerprint density at radius 3 is 2.53 bits per heavy atom. The maximum absolute atomic E-state index is 8.85. The lowest BCUT2D eigenvalue weighted by atomic mass is 10.0. The van der Waals surface area contributed by atoms with Crippen molar-refractivity contribution in [3.63, 3.8) is 0 Å². The summed E-state index contributed by atoms with van der Waals surface area (Å²) in [6, 6.07) is 10.7. The Balaban J connectivity index is 1.96. The van der Waals surface area contributed by atoms with Gasteiger partial charge in [0.05, 0.1) is 12.0 Å². The first-order valence-electron chi connectivity index (χ1n) is 6.21. The second-order valence-corrected chi connectivity index (χ2v) is 4.62. The fourth-order valence-corrected chi connectivity index (χ4v) is 2.11. The molecule has 1 N–H and O–H groups in total. The molecule has 17 heavy (non-hydrogen) atoms. The third-order valence-electron chi connectivity index (χ3n) is 3.29. The maximum Gasteiger partial charge on any atom is 0.0700 e. The van der Waals surface area contributed by atoms with Crippen LogP contribution in [0, 0.1) is 11.3 Å². The quantitative estimate of drug-likeness (QED) is 0.857. The van der Waals surface area contributed by atoms with Crippen LogP contribution in [-0.4, -0.2) is 31.1 Å². The zero-order chi connectivity index (χ0) is 12.1. The van der Waals surface area contributed by atoms with Crippen molar-refractivity contribution in [2.75, 3.05) is 26.2 Å². The molecule has 0 spiro atoms. The molecule has 1 fully saturated rings. The van der Waals surface area contributed by atoms with E-state index < -0.39 is 0 Å². The summed E-state index contributed by atoms with van der Waals surface area (Å²) in [6.07, 6.45) is 0. The third kappa shape index (κ3) is 3.29. The fraction of sp³-hybridized carbons (Fsp3) is 0.500. The molecular weight excluding hydrogens is 210 g/mol. The molecule has 1 atom stereocenters. The van der Waals surface area contributed by atoms with Crippen molar-refractivity contribution in [3.05, 3.63) is 35.4 Å². The van der Waals surface area contributed by atoms with Gasteiger partial charge < -0.3 is 5.32 Å². The zero-order valence-electron chi connectivity index (χ0n) is 10.3. The molecule has 3 heteroatoms. The SMILES string of the molecule is CC(C#N)c1ccc(CN2CCNCC2)cc1. The van der Waals surface area contributed by atoms with Crippen LogP contribution in [0.5, 0.6) is 0 Å². The minimum atomic E-state index is -0.0109. The van der Waals surface area contributed by atoms with Crippen molar-refractivity contribution in [2.45, 2.75) is 19.4 Å². The Bertz CT molecular complexity index is 385. The molecule has 1 heterocycles. The van der Waals surface area contributed by atoms with E-state index in [4.69, 9.17) is 5.26 Å². The second-order valence-electron chi connectivity index (χ2n) is 4.62. The molecule has 0 amide bonds. The molecular formula is C14H19N3. The number of hydrogen-bond acceptors (Lipinski definition) is 3. The Morgan fingerprint density at radius 1 is 1.29 bits per heavy atom. The lowest BCUT2D eigenvalue weighted by Crippen LogP contribution is -2.42. The largest absolute Gasteiger partial charge is 0.314 e. The van der Waals surface area contributed by atoms with Crippen LogP contribution in [0.4, 0.5) is 0 Å². The van der Waals surface area contributed by atoms with E-state index in [1.165, 1.54) is 5.56 Å². The molecule has 1 saturated heterocycles. The van der Waals surface area contributed by atoms with Crippen molar-refractivity contribution in [3.8, 4) is 6.07 Å². The van der Waals surface area contributed by atoms with Gasteiger partial charge in [0.2, 0.25) is 0 Å². The molecule has 0 aromatic heterocycles. The van der Waals surface area contributed by atoms with Crippen molar-refractivity contribution >= 4 is 0 Å². The highest BCUT2D eigenvalue weighted by Crippen LogP contribution is 2.15. The van der Waals surface area contributed by atoms with E-state index >= 15 is 0 Å². The van der Waals surface area contributed by atoms with Crippen LogP contribution >= 0.6 is 0 Å². The summed E-state index contributed by atoms with van der Waals surface area (Å²) in [7, 11) is 0. The van der Waals surface area contributed by atoms with Crippen LogP contribution in [0.3, 0.4) is 0 Å². The minimum absolute atomic E-state index is 0.0109. The molecule has 0 aliphatic carbocycles. The summed E-state index contributed by atoms with van der Waals surface area (Å²) < 4.78 is 0. The van der Waals surface area contributed by atoms with E-state index in [9.17, 15) is 0 Å². The van der Waals surface area contributed by atoms with Gasteiger partial charge in [0.25, 0.3) is 0 Å². The van der Waals surface area contributed by atoms with Crippen molar-refractivity contribution in [1.82, 2.24) is 10.2 Å². The number of benzene rings is 1. The molecule has 1 aliphatic heterocycles. The highest BCUT2D eigenvalue weighted by Gasteiger charge is 2.10. The Labute approximate surface area is 103 Å². The van der Waals surface area contributed by atoms with Crippen molar-refractivity contribution in [1.29, 1.82) is 5.26 Å². The lowest BCUT2D eigenvalue weighted by molar-refractivity contribution is 0.233. The summed E-state index contributed by atoms with van der Waals surface area (Å²) >= 11 is 0. The number of rotatable bonds is 3. The van der Waals surface area contributed by atoms with Crippen molar-refractivity contribution < 1.29 is 0 Å². The van der Waals surface area contributed by atoms with Crippen LogP contribution < -0.4 is 5.32 Å². The second kappa shape index (κ2) is 5.81. The highest BCUT2D eigenvalue weighted by molar-refractivity contribution is 5.28. The highest BCUT2D eigenvalue weighted by atomic mass is 15.2. The Kier molecular flexibility index (Phi) is 4.13. The summed E-state index contributed by atoms with van der Waals surface area (Å²) in [5.41, 5.74) is 2.44. The van der Waals surface area contributed by atoms with E-state index in [0.717, 1.165) is 38.3 Å². The average molecular weight is 229 g/mol. The molecule has 0 bridgehead atoms. The Hall–Kier alpha value is -1.37. The van der Waals surface area contributed by atoms with Gasteiger partial charge in [-0.1, -0.05) is 24.3 Å². The van der Waals surface area contributed by atoms with Crippen LogP contribution in [0.15, 0.2) is 24.3 Å². The van der Waals surface area contributed by atoms with Gasteiger partial charge in [-0.05, 0) is 18.1 Å². The van der Waals surface area contributed by atoms with E-state index in [2.05, 4.69) is 40.6 Å². The average Bonchev–Trinajstić information content (AvgIpc) is 2.40. The molecule has 1 aromatic carbocycles. The van der Waals surface area contributed by atoms with E-state index in [0.29, 0.717) is 0 Å². The molecule has 90 valence electrons. The van der Waals surface area contributed by atoms with Crippen LogP contribution in [0.1, 0.15) is 24.0 Å². The number of piperazine rings is 1. The van der Waals surface area contributed by atoms with Gasteiger partial charge in [-0.2, -0.15) is 5.26 Å². The van der Waals surface area contributed by atoms with E-state index in [-0.39, 0.29) is 5.92 Å². The van der Waals surface area contributed by atoms with Gasteiger partial charge in [0, 0.05) is 32.7 Å². The predicted molar refractivity (Wildman–Crippen MR) is 68.6 cm³/mol. The van der Waals surface area contributed by atoms with Gasteiger partial charge >= 0.3 is 0 Å². The van der Waals surface area contributed by atoms with Crippen LogP contribution in [0.2, 0.25) is 0 Å². The van der Waals surface area contributed by atoms with Crippen molar-refractivity contribution in [2.24, 2.45) is 0 Å². The minimum Gasteiger partial charge on any atom is -0.314 e. The molecule has 1 unspecified atom stereocenters. The summed E-state index contributed by atoms with van der Waals surface area (Å²) in [6.45, 7) is 7.37. The first-order valence-corrected chi connectivity index (χ1v) is 6.21. The molecule has 0 saturated carbocycles. The predicted octanol–water partition coefficient (Wildman–Crippen LogP) is 1.72. The molecule has 2 rings (SSSR count). The lowest BCUT2D eigenvalue weighted by Gasteiger charge is -2.27. The number of nitrogens with one attached hydrogen (secondary N) is 1. The van der Waals surface area contributed by atoms with Crippen LogP contribution in [0.25, 0.3) is 0 Å². The van der Waals surface area contributed by atoms with Gasteiger partial charge in [0.15, 0.2) is 0 Å². The number of nitriles is 1. The van der Waals surface area contributed by atoms with Gasteiger partial charge in [0.1, 0.15) is 0 Å².